The Hall–Kier alpha value is -2.38. The van der Waals surface area contributed by atoms with Crippen molar-refractivity contribution in [2.45, 2.75) is 234 Å². The van der Waals surface area contributed by atoms with E-state index in [-0.39, 0.29) is 29.8 Å². The molecule has 0 aromatic carbocycles. The van der Waals surface area contributed by atoms with Crippen LogP contribution in [0.5, 0.6) is 0 Å². The molecule has 3 saturated carbocycles. The number of aliphatic hydroxyl groups excluding tert-OH is 10. The molecule has 5 aliphatic heterocycles. The Morgan fingerprint density at radius 1 is 0.734 bits per heavy atom. The van der Waals surface area contributed by atoms with E-state index in [1.54, 1.807) is 19.9 Å². The van der Waals surface area contributed by atoms with Gasteiger partial charge in [-0.05, 0) is 82.0 Å². The van der Waals surface area contributed by atoms with E-state index >= 15 is 0 Å². The van der Waals surface area contributed by atoms with Crippen molar-refractivity contribution in [3.8, 4) is 0 Å². The van der Waals surface area contributed by atoms with Crippen molar-refractivity contribution < 1.29 is 118 Å². The number of allylic oxidation sites excluding steroid dienone is 2. The minimum Gasteiger partial charge on any atom is -0.462 e. The van der Waals surface area contributed by atoms with Crippen molar-refractivity contribution >= 4 is 11.9 Å². The van der Waals surface area contributed by atoms with Crippen molar-refractivity contribution in [2.75, 3.05) is 33.5 Å². The maximum absolute atomic E-state index is 14.6. The zero-order valence-electron chi connectivity index (χ0n) is 46.5. The standard InChI is InChI=1S/C55H86O24/c1-24(58)72-29-19-53(7)26-11-12-32-51(4,5)33(14-17-52(32,6)25(26)13-18-55(53)44(29)54(8,79-49(55)67)16-10-15-50(2,3)68)75-48-43(34(61)27(59)22-71-48)78-46-37(64)36(63)41(31(21-57)74-46)77-45-38(65)40(28(60)23-70-45)76-47-39(66)42(69-9)35(62)30(20-56)73-47/h10-11,15,25,27-48,56-57,59-66,68H,12-14,16-23H2,1-9H3/b15-10+/t25-,27+,28+,29-,30+,31+,32-,33-,34-,35+,36+,37+,38+,39+,40-,41+,42-,43+,44-,45-,46-,47-,48-,52+,53-,54-,55-/m0/s1. The molecule has 0 unspecified atom stereocenters. The van der Waals surface area contributed by atoms with Crippen molar-refractivity contribution in [3.63, 3.8) is 0 Å². The Morgan fingerprint density at radius 2 is 1.35 bits per heavy atom. The highest BCUT2D eigenvalue weighted by molar-refractivity contribution is 5.84. The van der Waals surface area contributed by atoms with Crippen LogP contribution in [-0.2, 0) is 61.7 Å². The summed E-state index contributed by atoms with van der Waals surface area (Å²) < 4.78 is 65.5. The van der Waals surface area contributed by atoms with Gasteiger partial charge in [0.05, 0.1) is 49.5 Å². The van der Waals surface area contributed by atoms with Gasteiger partial charge in [0.15, 0.2) is 25.2 Å². The topological polar surface area (TPSA) is 358 Å². The van der Waals surface area contributed by atoms with Crippen LogP contribution in [-0.4, -0.2) is 236 Å². The van der Waals surface area contributed by atoms with Crippen LogP contribution < -0.4 is 0 Å². The van der Waals surface area contributed by atoms with Crippen molar-refractivity contribution in [1.29, 1.82) is 0 Å². The summed E-state index contributed by atoms with van der Waals surface area (Å²) >= 11 is 0. The quantitative estimate of drug-likeness (QED) is 0.0673. The predicted octanol–water partition coefficient (Wildman–Crippen LogP) is -1.26. The van der Waals surface area contributed by atoms with Crippen LogP contribution in [0.1, 0.15) is 100 Å². The molecular weight excluding hydrogens is 1040 g/mol. The van der Waals surface area contributed by atoms with Crippen LogP contribution in [0.15, 0.2) is 23.8 Å². The molecule has 450 valence electrons. The first-order valence-corrected chi connectivity index (χ1v) is 27.9. The average molecular weight is 1130 g/mol. The maximum Gasteiger partial charge on any atom is 0.314 e. The second-order valence-corrected chi connectivity index (χ2v) is 25.6. The van der Waals surface area contributed by atoms with Crippen LogP contribution >= 0.6 is 0 Å². The number of aliphatic hydroxyl groups is 11. The number of cyclic esters (lactones) is 1. The first-order valence-electron chi connectivity index (χ1n) is 27.9. The van der Waals surface area contributed by atoms with Crippen LogP contribution in [0.3, 0.4) is 0 Å². The average Bonchev–Trinajstić information content (AvgIpc) is 2.39. The minimum absolute atomic E-state index is 0.0263. The third-order valence-electron chi connectivity index (χ3n) is 19.8. The molecule has 0 aromatic rings. The molecule has 79 heavy (non-hydrogen) atoms. The molecule has 0 aromatic heterocycles. The minimum atomic E-state index is -1.96. The maximum atomic E-state index is 14.6. The summed E-state index contributed by atoms with van der Waals surface area (Å²) in [4.78, 5) is 27.4. The fourth-order valence-corrected chi connectivity index (χ4v) is 16.0. The lowest BCUT2D eigenvalue weighted by atomic mass is 9.41. The van der Waals surface area contributed by atoms with Gasteiger partial charge in [-0.25, -0.2) is 0 Å². The van der Waals surface area contributed by atoms with Gasteiger partial charge in [0.1, 0.15) is 97.2 Å². The fraction of sp³-hybridized carbons (Fsp3) is 0.891. The first kappa shape index (κ1) is 61.2. The number of rotatable bonds is 15. The van der Waals surface area contributed by atoms with Crippen LogP contribution in [0.2, 0.25) is 0 Å². The van der Waals surface area contributed by atoms with Gasteiger partial charge in [-0.15, -0.1) is 0 Å². The Balaban J connectivity index is 0.887. The van der Waals surface area contributed by atoms with Crippen LogP contribution in [0, 0.1) is 39.4 Å². The molecule has 9 rings (SSSR count). The van der Waals surface area contributed by atoms with Crippen LogP contribution in [0.25, 0.3) is 0 Å². The molecule has 0 radical (unpaired) electrons. The van der Waals surface area contributed by atoms with Gasteiger partial charge >= 0.3 is 11.9 Å². The summed E-state index contributed by atoms with van der Waals surface area (Å²) in [6.45, 7) is 12.9. The molecule has 9 aliphatic rings. The molecule has 1 spiro atoms. The lowest BCUT2D eigenvalue weighted by Gasteiger charge is -2.63. The second-order valence-electron chi connectivity index (χ2n) is 25.6. The third kappa shape index (κ3) is 10.5. The number of hydrogen-bond acceptors (Lipinski definition) is 24. The van der Waals surface area contributed by atoms with Gasteiger partial charge in [0, 0.05) is 25.9 Å². The summed E-state index contributed by atoms with van der Waals surface area (Å²) in [5.41, 5.74) is -3.41. The number of hydrogen-bond donors (Lipinski definition) is 11. The highest BCUT2D eigenvalue weighted by Gasteiger charge is 2.79. The number of esters is 2. The molecular formula is C55H86O24. The number of carbonyl (C=O) groups excluding carboxylic acids is 2. The van der Waals surface area contributed by atoms with E-state index in [1.165, 1.54) is 19.6 Å². The molecule has 24 heteroatoms. The summed E-state index contributed by atoms with van der Waals surface area (Å²) in [6.07, 6.45) is -20.2. The van der Waals surface area contributed by atoms with E-state index in [0.29, 0.717) is 44.9 Å². The molecule has 0 amide bonds. The largest absolute Gasteiger partial charge is 0.462 e. The van der Waals surface area contributed by atoms with Gasteiger partial charge in [0.2, 0.25) is 0 Å². The summed E-state index contributed by atoms with van der Waals surface area (Å²) in [6, 6.07) is 0. The monoisotopic (exact) mass is 1130 g/mol. The Bertz CT molecular complexity index is 2240. The normalized spacial score (nSPS) is 50.7. The van der Waals surface area contributed by atoms with E-state index < -0.39 is 182 Å². The second kappa shape index (κ2) is 22.6. The fourth-order valence-electron chi connectivity index (χ4n) is 16.0. The molecule has 24 nitrogen and oxygen atoms in total. The zero-order chi connectivity index (χ0) is 57.7. The summed E-state index contributed by atoms with van der Waals surface area (Å²) in [7, 11) is 1.21. The summed E-state index contributed by atoms with van der Waals surface area (Å²) in [5, 5.41) is 120. The van der Waals surface area contributed by atoms with E-state index in [2.05, 4.69) is 33.8 Å². The smallest absolute Gasteiger partial charge is 0.314 e. The summed E-state index contributed by atoms with van der Waals surface area (Å²) in [5.74, 6) is -1.08. The van der Waals surface area contributed by atoms with Gasteiger partial charge in [-0.2, -0.15) is 0 Å². The van der Waals surface area contributed by atoms with Gasteiger partial charge in [0.25, 0.3) is 0 Å². The first-order chi connectivity index (χ1) is 37.0. The molecule has 5 saturated heterocycles. The molecule has 27 atom stereocenters. The third-order valence-corrected chi connectivity index (χ3v) is 19.8. The molecule has 5 heterocycles. The van der Waals surface area contributed by atoms with Gasteiger partial charge in [-0.1, -0.05) is 51.5 Å². The highest BCUT2D eigenvalue weighted by atomic mass is 16.8. The van der Waals surface area contributed by atoms with Crippen molar-refractivity contribution in [3.05, 3.63) is 23.8 Å². The van der Waals surface area contributed by atoms with E-state index in [1.807, 2.05) is 13.0 Å². The Kier molecular flexibility index (Phi) is 17.5. The van der Waals surface area contributed by atoms with Gasteiger partial charge < -0.3 is 108 Å². The number of methoxy groups -OCH3 is 1. The SMILES string of the molecule is CO[C@@H]1[C@@H](O)[C@H](O[C@@H]2[C@@H](O)[C@H](O[C@H]3[C@H](O)[C@@H](O)[C@H](O[C@H]4[C@H](O[C@H]5CC[C@]6(C)[C@H]7CC[C@@]89C(=O)O[C@@](C)(C/C=C/C(C)(C)O)[C@@H]8[C@@H](OC(C)=O)C[C@@]9(C)C7=CC[C@H]6C5(C)C)OC[C@@H](O)[C@@H]4O)O[C@@H]3CO)OC[C@H]2O)O[C@H](CO)[C@H]1O. The van der Waals surface area contributed by atoms with Gasteiger partial charge in [-0.3, -0.25) is 9.59 Å². The molecule has 0 bridgehead atoms. The lowest BCUT2D eigenvalue weighted by molar-refractivity contribution is -0.385. The lowest BCUT2D eigenvalue weighted by Crippen LogP contribution is -2.66. The molecule has 11 N–H and O–H groups in total. The predicted molar refractivity (Wildman–Crippen MR) is 268 cm³/mol. The van der Waals surface area contributed by atoms with Crippen LogP contribution in [0.4, 0.5) is 0 Å². The van der Waals surface area contributed by atoms with E-state index in [0.717, 1.165) is 0 Å². The number of ether oxygens (including phenoxy) is 11. The van der Waals surface area contributed by atoms with Crippen molar-refractivity contribution in [2.24, 2.45) is 39.4 Å². The Morgan fingerprint density at radius 3 is 2.01 bits per heavy atom. The highest BCUT2D eigenvalue weighted by Crippen LogP contribution is 2.76. The van der Waals surface area contributed by atoms with E-state index in [9.17, 15) is 65.8 Å². The van der Waals surface area contributed by atoms with E-state index in [4.69, 9.17) is 52.1 Å². The van der Waals surface area contributed by atoms with Crippen molar-refractivity contribution in [1.82, 2.24) is 0 Å². The Labute approximate surface area is 459 Å². The number of carbonyl (C=O) groups is 2. The molecule has 8 fully saturated rings. The molecule has 4 aliphatic carbocycles. The number of fused-ring (bicyclic) bond motifs is 4. The zero-order valence-corrected chi connectivity index (χ0v) is 46.5.